The van der Waals surface area contributed by atoms with Crippen LogP contribution in [0.15, 0.2) is 27.7 Å². The average molecular weight is 332 g/mol. The van der Waals surface area contributed by atoms with Gasteiger partial charge in [0.25, 0.3) is 0 Å². The summed E-state index contributed by atoms with van der Waals surface area (Å²) in [6, 6.07) is 4.84. The molecule has 1 heterocycles. The van der Waals surface area contributed by atoms with Crippen LogP contribution in [-0.4, -0.2) is 35.5 Å². The molecule has 18 heavy (non-hydrogen) atoms. The summed E-state index contributed by atoms with van der Waals surface area (Å²) in [5, 5.41) is 0. The number of nitrogens with zero attached hydrogens (tertiary/aromatic N) is 2. The van der Waals surface area contributed by atoms with Crippen LogP contribution in [0.4, 0.5) is 4.39 Å². The third-order valence-electron chi connectivity index (χ3n) is 2.75. The molecule has 0 aliphatic carbocycles. The second-order valence-corrected chi connectivity index (χ2v) is 6.15. The molecule has 1 fully saturated rings. The Morgan fingerprint density at radius 2 is 2.17 bits per heavy atom. The lowest BCUT2D eigenvalue weighted by Gasteiger charge is -2.27. The van der Waals surface area contributed by atoms with Gasteiger partial charge in [-0.15, -0.1) is 0 Å². The minimum absolute atomic E-state index is 0.246. The van der Waals surface area contributed by atoms with E-state index in [1.807, 2.05) is 16.7 Å². The predicted octanol–water partition coefficient (Wildman–Crippen LogP) is 2.45. The van der Waals surface area contributed by atoms with Crippen molar-refractivity contribution in [2.45, 2.75) is 6.54 Å². The Labute approximate surface area is 119 Å². The van der Waals surface area contributed by atoms with Gasteiger partial charge in [-0.3, -0.25) is 0 Å². The van der Waals surface area contributed by atoms with E-state index in [2.05, 4.69) is 20.9 Å². The zero-order valence-corrected chi connectivity index (χ0v) is 12.3. The molecule has 2 N–H and O–H groups in total. The first-order valence-corrected chi connectivity index (χ1v) is 7.68. The predicted molar refractivity (Wildman–Crippen MR) is 78.3 cm³/mol. The number of rotatable bonds is 2. The van der Waals surface area contributed by atoms with E-state index in [0.717, 1.165) is 29.1 Å². The Bertz CT molecular complexity index is 447. The number of thioether (sulfide) groups is 1. The van der Waals surface area contributed by atoms with E-state index in [4.69, 9.17) is 5.73 Å². The Balaban J connectivity index is 2.02. The molecule has 1 saturated heterocycles. The number of halogens is 2. The van der Waals surface area contributed by atoms with Gasteiger partial charge in [0.15, 0.2) is 5.96 Å². The highest BCUT2D eigenvalue weighted by atomic mass is 79.9. The highest BCUT2D eigenvalue weighted by Gasteiger charge is 2.12. The Hall–Kier alpha value is -0.750. The smallest absolute Gasteiger partial charge is 0.191 e. The van der Waals surface area contributed by atoms with Crippen molar-refractivity contribution in [3.8, 4) is 0 Å². The molecule has 0 radical (unpaired) electrons. The van der Waals surface area contributed by atoms with Gasteiger partial charge < -0.3 is 10.6 Å². The maximum absolute atomic E-state index is 13.5. The van der Waals surface area contributed by atoms with Crippen molar-refractivity contribution in [2.24, 2.45) is 10.7 Å². The summed E-state index contributed by atoms with van der Waals surface area (Å²) >= 11 is 5.24. The van der Waals surface area contributed by atoms with Gasteiger partial charge in [0, 0.05) is 34.6 Å². The normalized spacial score (nSPS) is 17.0. The lowest BCUT2D eigenvalue weighted by Crippen LogP contribution is -2.42. The van der Waals surface area contributed by atoms with Gasteiger partial charge in [0.1, 0.15) is 5.82 Å². The van der Waals surface area contributed by atoms with Crippen LogP contribution in [-0.2, 0) is 6.54 Å². The molecule has 6 heteroatoms. The third kappa shape index (κ3) is 3.62. The van der Waals surface area contributed by atoms with Crippen LogP contribution in [0.25, 0.3) is 0 Å². The summed E-state index contributed by atoms with van der Waals surface area (Å²) in [5.74, 6) is 2.40. The Kier molecular flexibility index (Phi) is 4.88. The molecule has 1 aromatic carbocycles. The van der Waals surface area contributed by atoms with E-state index in [1.54, 1.807) is 12.1 Å². The van der Waals surface area contributed by atoms with Crippen molar-refractivity contribution in [3.05, 3.63) is 34.1 Å². The van der Waals surface area contributed by atoms with Gasteiger partial charge in [0.05, 0.1) is 6.54 Å². The van der Waals surface area contributed by atoms with Crippen LogP contribution in [0, 0.1) is 5.82 Å². The molecule has 0 aromatic heterocycles. The number of hydrogen-bond donors (Lipinski definition) is 1. The minimum atomic E-state index is -0.246. The van der Waals surface area contributed by atoms with E-state index in [-0.39, 0.29) is 12.4 Å². The molecule has 2 rings (SSSR count). The van der Waals surface area contributed by atoms with Crippen molar-refractivity contribution in [3.63, 3.8) is 0 Å². The maximum atomic E-state index is 13.5. The van der Waals surface area contributed by atoms with Crippen molar-refractivity contribution in [2.75, 3.05) is 24.6 Å². The van der Waals surface area contributed by atoms with E-state index in [9.17, 15) is 4.39 Å². The van der Waals surface area contributed by atoms with E-state index in [0.29, 0.717) is 11.5 Å². The molecule has 98 valence electrons. The summed E-state index contributed by atoms with van der Waals surface area (Å²) in [6.45, 7) is 2.11. The molecule has 0 saturated carbocycles. The number of guanidine groups is 1. The number of nitrogens with two attached hydrogens (primary N) is 1. The molecule has 0 unspecified atom stereocenters. The van der Waals surface area contributed by atoms with Gasteiger partial charge in [-0.2, -0.15) is 11.8 Å². The molecule has 1 aromatic rings. The highest BCUT2D eigenvalue weighted by Crippen LogP contribution is 2.16. The van der Waals surface area contributed by atoms with Gasteiger partial charge in [-0.25, -0.2) is 9.38 Å². The summed E-state index contributed by atoms with van der Waals surface area (Å²) in [4.78, 5) is 6.32. The Morgan fingerprint density at radius 1 is 1.44 bits per heavy atom. The summed E-state index contributed by atoms with van der Waals surface area (Å²) in [7, 11) is 0. The summed E-state index contributed by atoms with van der Waals surface area (Å²) in [6.07, 6.45) is 0. The lowest BCUT2D eigenvalue weighted by atomic mass is 10.2. The summed E-state index contributed by atoms with van der Waals surface area (Å²) in [5.41, 5.74) is 6.47. The zero-order valence-electron chi connectivity index (χ0n) is 9.90. The average Bonchev–Trinajstić information content (AvgIpc) is 2.40. The fraction of sp³-hybridized carbons (Fsp3) is 0.417. The molecule has 0 spiro atoms. The molecule has 1 aliphatic rings. The van der Waals surface area contributed by atoms with Crippen molar-refractivity contribution in [1.29, 1.82) is 0 Å². The molecule has 0 atom stereocenters. The van der Waals surface area contributed by atoms with Crippen molar-refractivity contribution in [1.82, 2.24) is 4.90 Å². The number of aliphatic imine (C=N–C) groups is 1. The molecule has 1 aliphatic heterocycles. The fourth-order valence-electron chi connectivity index (χ4n) is 1.72. The van der Waals surface area contributed by atoms with E-state index >= 15 is 0 Å². The second-order valence-electron chi connectivity index (χ2n) is 4.01. The van der Waals surface area contributed by atoms with Gasteiger partial charge in [-0.1, -0.05) is 15.9 Å². The molecular weight excluding hydrogens is 317 g/mol. The molecule has 3 nitrogen and oxygen atoms in total. The second kappa shape index (κ2) is 6.43. The SMILES string of the molecule is NC(=NCc1cc(Br)ccc1F)N1CCSCC1. The first-order chi connectivity index (χ1) is 8.66. The van der Waals surface area contributed by atoms with Crippen LogP contribution in [0.1, 0.15) is 5.56 Å². The monoisotopic (exact) mass is 331 g/mol. The quantitative estimate of drug-likeness (QED) is 0.668. The topological polar surface area (TPSA) is 41.6 Å². The standard InChI is InChI=1S/C12H15BrFN3S/c13-10-1-2-11(14)9(7-10)8-16-12(15)17-3-5-18-6-4-17/h1-2,7H,3-6,8H2,(H2,15,16). The van der Waals surface area contributed by atoms with E-state index < -0.39 is 0 Å². The van der Waals surface area contributed by atoms with Crippen LogP contribution >= 0.6 is 27.7 Å². The minimum Gasteiger partial charge on any atom is -0.370 e. The van der Waals surface area contributed by atoms with Crippen LogP contribution in [0.2, 0.25) is 0 Å². The molecule has 0 bridgehead atoms. The summed E-state index contributed by atoms with van der Waals surface area (Å²) < 4.78 is 14.4. The molecule has 0 amide bonds. The largest absolute Gasteiger partial charge is 0.370 e. The first-order valence-electron chi connectivity index (χ1n) is 5.73. The van der Waals surface area contributed by atoms with Gasteiger partial charge in [0.2, 0.25) is 0 Å². The molecular formula is C12H15BrFN3S. The lowest BCUT2D eigenvalue weighted by molar-refractivity contribution is 0.455. The Morgan fingerprint density at radius 3 is 2.89 bits per heavy atom. The van der Waals surface area contributed by atoms with Crippen molar-refractivity contribution >= 4 is 33.7 Å². The van der Waals surface area contributed by atoms with Gasteiger partial charge >= 0.3 is 0 Å². The highest BCUT2D eigenvalue weighted by molar-refractivity contribution is 9.10. The van der Waals surface area contributed by atoms with Crippen LogP contribution in [0.5, 0.6) is 0 Å². The maximum Gasteiger partial charge on any atom is 0.191 e. The number of benzene rings is 1. The van der Waals surface area contributed by atoms with Crippen LogP contribution in [0.3, 0.4) is 0 Å². The van der Waals surface area contributed by atoms with E-state index in [1.165, 1.54) is 6.07 Å². The fourth-order valence-corrected chi connectivity index (χ4v) is 3.03. The van der Waals surface area contributed by atoms with Crippen molar-refractivity contribution < 1.29 is 4.39 Å². The third-order valence-corrected chi connectivity index (χ3v) is 4.19. The number of hydrogen-bond acceptors (Lipinski definition) is 2. The van der Waals surface area contributed by atoms with Crippen LogP contribution < -0.4 is 5.73 Å². The van der Waals surface area contributed by atoms with Gasteiger partial charge in [-0.05, 0) is 18.2 Å². The zero-order chi connectivity index (χ0) is 13.0. The first kappa shape index (κ1) is 13.7.